The molecule has 0 atom stereocenters. The molecule has 0 aromatic heterocycles. The van der Waals surface area contributed by atoms with Gasteiger partial charge in [-0.1, -0.05) is 0 Å². The third kappa shape index (κ3) is 3.75. The van der Waals surface area contributed by atoms with Crippen LogP contribution in [0.5, 0.6) is 0 Å². The highest BCUT2D eigenvalue weighted by Gasteiger charge is 2.29. The number of sulfone groups is 1. The number of carboxylic acids is 1. The van der Waals surface area contributed by atoms with Gasteiger partial charge in [-0.3, -0.25) is 4.79 Å². The Balaban J connectivity index is 2.38. The van der Waals surface area contributed by atoms with Crippen molar-refractivity contribution in [3.63, 3.8) is 0 Å². The Kier molecular flexibility index (Phi) is 3.96. The predicted octanol–water partition coefficient (Wildman–Crippen LogP) is 0.218. The van der Waals surface area contributed by atoms with E-state index in [2.05, 4.69) is 0 Å². The van der Waals surface area contributed by atoms with Gasteiger partial charge in [-0.25, -0.2) is 8.42 Å². The van der Waals surface area contributed by atoms with E-state index in [9.17, 15) is 13.2 Å². The van der Waals surface area contributed by atoms with Gasteiger partial charge in [-0.05, 0) is 26.8 Å². The average molecular weight is 249 g/mol. The molecule has 0 bridgehead atoms. The first kappa shape index (κ1) is 13.4. The highest BCUT2D eigenvalue weighted by Crippen LogP contribution is 2.21. The van der Waals surface area contributed by atoms with Gasteiger partial charge in [0.05, 0.1) is 16.9 Å². The monoisotopic (exact) mass is 249 g/mol. The molecule has 94 valence electrons. The first-order valence-corrected chi connectivity index (χ1v) is 7.21. The quantitative estimate of drug-likeness (QED) is 0.771. The largest absolute Gasteiger partial charge is 0.481 e. The molecule has 1 heterocycles. The lowest BCUT2D eigenvalue weighted by Gasteiger charge is -2.29. The minimum Gasteiger partial charge on any atom is -0.481 e. The fraction of sp³-hybridized carbons (Fsp3) is 0.900. The van der Waals surface area contributed by atoms with Crippen LogP contribution in [0.25, 0.3) is 0 Å². The van der Waals surface area contributed by atoms with Gasteiger partial charge in [0.1, 0.15) is 0 Å². The van der Waals surface area contributed by atoms with Crippen LogP contribution < -0.4 is 0 Å². The van der Waals surface area contributed by atoms with E-state index >= 15 is 0 Å². The van der Waals surface area contributed by atoms with Gasteiger partial charge in [-0.15, -0.1) is 0 Å². The molecular formula is C10H19NO4S. The lowest BCUT2D eigenvalue weighted by Crippen LogP contribution is -2.42. The summed E-state index contributed by atoms with van der Waals surface area (Å²) in [6.45, 7) is 5.08. The summed E-state index contributed by atoms with van der Waals surface area (Å²) in [6.07, 6.45) is 0.544. The molecule has 0 saturated carbocycles. The summed E-state index contributed by atoms with van der Waals surface area (Å²) in [5.74, 6) is -0.418. The molecule has 0 aliphatic carbocycles. The second kappa shape index (κ2) is 4.71. The van der Waals surface area contributed by atoms with E-state index in [4.69, 9.17) is 5.11 Å². The number of nitrogens with zero attached hydrogens (tertiary/aromatic N) is 1. The van der Waals surface area contributed by atoms with E-state index in [1.165, 1.54) is 0 Å². The van der Waals surface area contributed by atoms with Gasteiger partial charge >= 0.3 is 5.97 Å². The Hall–Kier alpha value is -0.620. The lowest BCUT2D eigenvalue weighted by atomic mass is 9.89. The molecule has 1 aliphatic rings. The number of carbonyl (C=O) groups is 1. The van der Waals surface area contributed by atoms with Gasteiger partial charge in [0, 0.05) is 13.1 Å². The van der Waals surface area contributed by atoms with Crippen LogP contribution in [-0.4, -0.2) is 55.5 Å². The first-order valence-electron chi connectivity index (χ1n) is 5.39. The molecule has 0 aromatic rings. The molecule has 1 N–H and O–H groups in total. The van der Waals surface area contributed by atoms with Crippen LogP contribution in [0.2, 0.25) is 0 Å². The standard InChI is InChI=1S/C10H19NO4S/c1-10(2,9(12)13)3-4-11-5-7-16(14,15)8-6-11/h3-8H2,1-2H3,(H,12,13). The van der Waals surface area contributed by atoms with Gasteiger partial charge in [0.2, 0.25) is 0 Å². The summed E-state index contributed by atoms with van der Waals surface area (Å²) in [4.78, 5) is 12.9. The summed E-state index contributed by atoms with van der Waals surface area (Å²) in [5.41, 5.74) is -0.740. The van der Waals surface area contributed by atoms with Crippen LogP contribution in [-0.2, 0) is 14.6 Å². The van der Waals surface area contributed by atoms with E-state index in [0.29, 0.717) is 26.1 Å². The molecule has 0 amide bonds. The zero-order valence-electron chi connectivity index (χ0n) is 9.77. The van der Waals surface area contributed by atoms with Gasteiger partial charge in [0.15, 0.2) is 9.84 Å². The minimum absolute atomic E-state index is 0.195. The molecule has 1 aliphatic heterocycles. The zero-order chi connectivity index (χ0) is 12.4. The number of aliphatic carboxylic acids is 1. The van der Waals surface area contributed by atoms with E-state index < -0.39 is 21.2 Å². The lowest BCUT2D eigenvalue weighted by molar-refractivity contribution is -0.147. The van der Waals surface area contributed by atoms with E-state index in [-0.39, 0.29) is 11.5 Å². The highest BCUT2D eigenvalue weighted by atomic mass is 32.2. The summed E-state index contributed by atoms with van der Waals surface area (Å²) >= 11 is 0. The van der Waals surface area contributed by atoms with Crippen molar-refractivity contribution in [2.75, 3.05) is 31.1 Å². The normalized spacial score (nSPS) is 21.9. The third-order valence-corrected chi connectivity index (χ3v) is 4.68. The Labute approximate surface area is 96.4 Å². The molecule has 0 aromatic carbocycles. The molecule has 5 nitrogen and oxygen atoms in total. The minimum atomic E-state index is -2.84. The van der Waals surface area contributed by atoms with Gasteiger partial charge in [-0.2, -0.15) is 0 Å². The van der Waals surface area contributed by atoms with Crippen LogP contribution >= 0.6 is 0 Å². The van der Waals surface area contributed by atoms with Crippen LogP contribution in [0.3, 0.4) is 0 Å². The van der Waals surface area contributed by atoms with E-state index in [1.807, 2.05) is 4.90 Å². The second-order valence-corrected chi connectivity index (χ2v) is 7.24. The van der Waals surface area contributed by atoms with Crippen molar-refractivity contribution < 1.29 is 18.3 Å². The second-order valence-electron chi connectivity index (χ2n) is 4.93. The average Bonchev–Trinajstić information content (AvgIpc) is 2.16. The highest BCUT2D eigenvalue weighted by molar-refractivity contribution is 7.91. The van der Waals surface area contributed by atoms with Crippen molar-refractivity contribution in [3.8, 4) is 0 Å². The summed E-state index contributed by atoms with van der Waals surface area (Å²) < 4.78 is 22.4. The van der Waals surface area contributed by atoms with Crippen LogP contribution in [0, 0.1) is 5.41 Å². The fourth-order valence-corrected chi connectivity index (χ4v) is 2.80. The van der Waals surface area contributed by atoms with Crippen molar-refractivity contribution in [1.82, 2.24) is 4.90 Å². The van der Waals surface area contributed by atoms with Gasteiger partial charge < -0.3 is 10.0 Å². The maximum Gasteiger partial charge on any atom is 0.309 e. The van der Waals surface area contributed by atoms with Crippen LogP contribution in [0.4, 0.5) is 0 Å². The number of hydrogen-bond acceptors (Lipinski definition) is 4. The Bertz CT molecular complexity index is 347. The third-order valence-electron chi connectivity index (χ3n) is 3.07. The van der Waals surface area contributed by atoms with Crippen molar-refractivity contribution in [2.24, 2.45) is 5.41 Å². The maximum absolute atomic E-state index is 11.2. The molecular weight excluding hydrogens is 230 g/mol. The van der Waals surface area contributed by atoms with Crippen LogP contribution in [0.1, 0.15) is 20.3 Å². The summed E-state index contributed by atoms with van der Waals surface area (Å²) in [5, 5.41) is 8.94. The van der Waals surface area contributed by atoms with Crippen LogP contribution in [0.15, 0.2) is 0 Å². The zero-order valence-corrected chi connectivity index (χ0v) is 10.6. The predicted molar refractivity (Wildman–Crippen MR) is 61.1 cm³/mol. The molecule has 1 fully saturated rings. The number of hydrogen-bond donors (Lipinski definition) is 1. The van der Waals surface area contributed by atoms with Crippen molar-refractivity contribution >= 4 is 15.8 Å². The molecule has 16 heavy (non-hydrogen) atoms. The van der Waals surface area contributed by atoms with Crippen molar-refractivity contribution in [2.45, 2.75) is 20.3 Å². The van der Waals surface area contributed by atoms with E-state index in [1.54, 1.807) is 13.8 Å². The maximum atomic E-state index is 11.2. The smallest absolute Gasteiger partial charge is 0.309 e. The van der Waals surface area contributed by atoms with Gasteiger partial charge in [0.25, 0.3) is 0 Å². The number of carboxylic acid groups (broad SMARTS) is 1. The number of rotatable bonds is 4. The van der Waals surface area contributed by atoms with E-state index in [0.717, 1.165) is 0 Å². The first-order chi connectivity index (χ1) is 7.23. The molecule has 6 heteroatoms. The Morgan fingerprint density at radius 2 is 1.81 bits per heavy atom. The SMILES string of the molecule is CC(C)(CCN1CCS(=O)(=O)CC1)C(=O)O. The Morgan fingerprint density at radius 3 is 2.25 bits per heavy atom. The topological polar surface area (TPSA) is 74.7 Å². The molecule has 1 rings (SSSR count). The molecule has 1 saturated heterocycles. The fourth-order valence-electron chi connectivity index (χ4n) is 1.52. The van der Waals surface area contributed by atoms with Crippen molar-refractivity contribution in [3.05, 3.63) is 0 Å². The molecule has 0 radical (unpaired) electrons. The molecule has 0 spiro atoms. The summed E-state index contributed by atoms with van der Waals surface area (Å²) in [6, 6.07) is 0. The van der Waals surface area contributed by atoms with Crippen molar-refractivity contribution in [1.29, 1.82) is 0 Å². The Morgan fingerprint density at radius 1 is 1.31 bits per heavy atom. The summed E-state index contributed by atoms with van der Waals surface area (Å²) in [7, 11) is -2.84. The molecule has 0 unspecified atom stereocenters.